The van der Waals surface area contributed by atoms with E-state index in [2.05, 4.69) is 0 Å². The summed E-state index contributed by atoms with van der Waals surface area (Å²) in [6, 6.07) is 7.73. The number of hydrogen-bond acceptors (Lipinski definition) is 3. The van der Waals surface area contributed by atoms with E-state index in [1.165, 1.54) is 12.1 Å². The quantitative estimate of drug-likeness (QED) is 0.939. The van der Waals surface area contributed by atoms with E-state index in [4.69, 9.17) is 0 Å². The molecule has 0 aliphatic carbocycles. The molecule has 0 bridgehead atoms. The van der Waals surface area contributed by atoms with E-state index in [9.17, 15) is 14.3 Å². The van der Waals surface area contributed by atoms with Crippen LogP contribution in [0.3, 0.4) is 0 Å². The van der Waals surface area contributed by atoms with Crippen molar-refractivity contribution in [2.45, 2.75) is 24.9 Å². The van der Waals surface area contributed by atoms with Gasteiger partial charge in [-0.3, -0.25) is 9.69 Å². The van der Waals surface area contributed by atoms with Crippen LogP contribution in [0, 0.1) is 5.82 Å². The average molecular weight is 305 g/mol. The van der Waals surface area contributed by atoms with Crippen LogP contribution >= 0.6 is 11.3 Å². The number of thiophene rings is 1. The Morgan fingerprint density at radius 2 is 2.24 bits per heavy atom. The van der Waals surface area contributed by atoms with Crippen LogP contribution < -0.4 is 0 Å². The summed E-state index contributed by atoms with van der Waals surface area (Å²) in [5.74, 6) is -1.09. The molecule has 1 saturated heterocycles. The standard InChI is InChI=1S/C16H16FNO2S/c17-13-4-1-3-11(9-13)15(12-6-8-21-10-12)18-7-2-5-14(18)16(19)20/h1,3-4,6,8-10,14-15H,2,5,7H2,(H,19,20). The van der Waals surface area contributed by atoms with Gasteiger partial charge in [-0.1, -0.05) is 12.1 Å². The van der Waals surface area contributed by atoms with Gasteiger partial charge in [0.05, 0.1) is 6.04 Å². The third-order valence-electron chi connectivity index (χ3n) is 3.93. The Kier molecular flexibility index (Phi) is 4.03. The van der Waals surface area contributed by atoms with Crippen molar-refractivity contribution in [3.63, 3.8) is 0 Å². The van der Waals surface area contributed by atoms with Crippen LogP contribution in [0.2, 0.25) is 0 Å². The summed E-state index contributed by atoms with van der Waals surface area (Å²) in [7, 11) is 0. The van der Waals surface area contributed by atoms with E-state index in [0.717, 1.165) is 17.5 Å². The second kappa shape index (κ2) is 5.95. The van der Waals surface area contributed by atoms with Gasteiger partial charge >= 0.3 is 5.97 Å². The summed E-state index contributed by atoms with van der Waals surface area (Å²) in [4.78, 5) is 13.4. The smallest absolute Gasteiger partial charge is 0.320 e. The minimum atomic E-state index is -0.802. The van der Waals surface area contributed by atoms with Crippen molar-refractivity contribution in [2.24, 2.45) is 0 Å². The topological polar surface area (TPSA) is 40.5 Å². The Labute approximate surface area is 126 Å². The molecule has 2 atom stereocenters. The molecule has 1 aromatic carbocycles. The lowest BCUT2D eigenvalue weighted by molar-refractivity contribution is -0.142. The van der Waals surface area contributed by atoms with Crippen LogP contribution in [-0.4, -0.2) is 28.6 Å². The summed E-state index contributed by atoms with van der Waals surface area (Å²) in [5.41, 5.74) is 1.83. The first-order valence-electron chi connectivity index (χ1n) is 6.93. The Balaban J connectivity index is 2.03. The highest BCUT2D eigenvalue weighted by Crippen LogP contribution is 2.35. The summed E-state index contributed by atoms with van der Waals surface area (Å²) in [6.45, 7) is 0.716. The molecular formula is C16H16FNO2S. The summed E-state index contributed by atoms with van der Waals surface area (Å²) >= 11 is 1.57. The molecule has 1 N–H and O–H groups in total. The number of nitrogens with zero attached hydrogens (tertiary/aromatic N) is 1. The monoisotopic (exact) mass is 305 g/mol. The molecule has 1 aromatic heterocycles. The van der Waals surface area contributed by atoms with Gasteiger partial charge in [0.15, 0.2) is 0 Å². The molecule has 0 spiro atoms. The second-order valence-electron chi connectivity index (χ2n) is 5.25. The van der Waals surface area contributed by atoms with E-state index >= 15 is 0 Å². The van der Waals surface area contributed by atoms with Crippen molar-refractivity contribution in [1.82, 2.24) is 4.90 Å². The molecule has 1 fully saturated rings. The molecular weight excluding hydrogens is 289 g/mol. The highest BCUT2D eigenvalue weighted by molar-refractivity contribution is 7.08. The van der Waals surface area contributed by atoms with E-state index in [0.29, 0.717) is 13.0 Å². The number of aliphatic carboxylic acids is 1. The Hall–Kier alpha value is -1.72. The summed E-state index contributed by atoms with van der Waals surface area (Å²) < 4.78 is 13.6. The predicted molar refractivity (Wildman–Crippen MR) is 79.9 cm³/mol. The van der Waals surface area contributed by atoms with Crippen LogP contribution in [0.4, 0.5) is 4.39 Å². The van der Waals surface area contributed by atoms with E-state index in [-0.39, 0.29) is 11.9 Å². The largest absolute Gasteiger partial charge is 0.480 e. The molecule has 21 heavy (non-hydrogen) atoms. The van der Waals surface area contributed by atoms with Gasteiger partial charge < -0.3 is 5.11 Å². The van der Waals surface area contributed by atoms with Crippen LogP contribution in [0.1, 0.15) is 30.0 Å². The lowest BCUT2D eigenvalue weighted by atomic mass is 9.98. The number of hydrogen-bond donors (Lipinski definition) is 1. The highest BCUT2D eigenvalue weighted by Gasteiger charge is 2.36. The summed E-state index contributed by atoms with van der Waals surface area (Å²) in [6.07, 6.45) is 1.50. The minimum absolute atomic E-state index is 0.199. The van der Waals surface area contributed by atoms with Crippen molar-refractivity contribution in [3.05, 3.63) is 58.0 Å². The van der Waals surface area contributed by atoms with E-state index in [1.54, 1.807) is 17.4 Å². The lowest BCUT2D eigenvalue weighted by Gasteiger charge is -2.31. The normalized spacial score (nSPS) is 20.5. The van der Waals surface area contributed by atoms with Crippen LogP contribution in [-0.2, 0) is 4.79 Å². The van der Waals surface area contributed by atoms with Gasteiger partial charge in [0, 0.05) is 6.54 Å². The first kappa shape index (κ1) is 14.2. The van der Waals surface area contributed by atoms with Gasteiger partial charge in [-0.25, -0.2) is 4.39 Å². The minimum Gasteiger partial charge on any atom is -0.480 e. The molecule has 1 aliphatic rings. The second-order valence-corrected chi connectivity index (χ2v) is 6.03. The average Bonchev–Trinajstić information content (AvgIpc) is 3.10. The zero-order valence-corrected chi connectivity index (χ0v) is 12.2. The Morgan fingerprint density at radius 3 is 2.90 bits per heavy atom. The molecule has 0 saturated carbocycles. The number of halogens is 1. The molecule has 5 heteroatoms. The van der Waals surface area contributed by atoms with Gasteiger partial charge in [-0.05, 0) is 52.9 Å². The molecule has 2 unspecified atom stereocenters. The van der Waals surface area contributed by atoms with Crippen LogP contribution in [0.15, 0.2) is 41.1 Å². The number of benzene rings is 1. The predicted octanol–water partition coefficient (Wildman–Crippen LogP) is 3.53. The van der Waals surface area contributed by atoms with Gasteiger partial charge in [0.25, 0.3) is 0 Å². The van der Waals surface area contributed by atoms with Crippen LogP contribution in [0.5, 0.6) is 0 Å². The first-order chi connectivity index (χ1) is 10.2. The Bertz CT molecular complexity index is 629. The van der Waals surface area contributed by atoms with Crippen molar-refractivity contribution < 1.29 is 14.3 Å². The Morgan fingerprint density at radius 1 is 1.38 bits per heavy atom. The molecule has 110 valence electrons. The van der Waals surface area contributed by atoms with E-state index in [1.807, 2.05) is 27.8 Å². The third-order valence-corrected chi connectivity index (χ3v) is 4.64. The maximum absolute atomic E-state index is 13.6. The number of likely N-dealkylation sites (tertiary alicyclic amines) is 1. The number of carboxylic acid groups (broad SMARTS) is 1. The SMILES string of the molecule is O=C(O)C1CCCN1C(c1ccsc1)c1cccc(F)c1. The fourth-order valence-electron chi connectivity index (χ4n) is 3.05. The third kappa shape index (κ3) is 2.84. The number of carboxylic acids is 1. The zero-order chi connectivity index (χ0) is 14.8. The molecule has 2 aromatic rings. The van der Waals surface area contributed by atoms with Crippen molar-refractivity contribution >= 4 is 17.3 Å². The molecule has 2 heterocycles. The maximum Gasteiger partial charge on any atom is 0.320 e. The van der Waals surface area contributed by atoms with Crippen molar-refractivity contribution in [3.8, 4) is 0 Å². The van der Waals surface area contributed by atoms with Crippen molar-refractivity contribution in [2.75, 3.05) is 6.54 Å². The number of carbonyl (C=O) groups is 1. The zero-order valence-electron chi connectivity index (χ0n) is 11.4. The lowest BCUT2D eigenvalue weighted by Crippen LogP contribution is -2.39. The summed E-state index contributed by atoms with van der Waals surface area (Å²) in [5, 5.41) is 13.4. The highest BCUT2D eigenvalue weighted by atomic mass is 32.1. The van der Waals surface area contributed by atoms with Gasteiger partial charge in [0.1, 0.15) is 11.9 Å². The van der Waals surface area contributed by atoms with Crippen molar-refractivity contribution in [1.29, 1.82) is 0 Å². The van der Waals surface area contributed by atoms with Gasteiger partial charge in [-0.15, -0.1) is 0 Å². The molecule has 0 radical (unpaired) electrons. The number of rotatable bonds is 4. The first-order valence-corrected chi connectivity index (χ1v) is 7.87. The van der Waals surface area contributed by atoms with Crippen LogP contribution in [0.25, 0.3) is 0 Å². The fourth-order valence-corrected chi connectivity index (χ4v) is 3.72. The molecule has 0 amide bonds. The fraction of sp³-hybridized carbons (Fsp3) is 0.312. The van der Waals surface area contributed by atoms with Gasteiger partial charge in [-0.2, -0.15) is 11.3 Å². The van der Waals surface area contributed by atoms with E-state index < -0.39 is 12.0 Å². The maximum atomic E-state index is 13.6. The molecule has 3 rings (SSSR count). The molecule has 1 aliphatic heterocycles. The molecule has 3 nitrogen and oxygen atoms in total. The van der Waals surface area contributed by atoms with Gasteiger partial charge in [0.2, 0.25) is 0 Å².